The summed E-state index contributed by atoms with van der Waals surface area (Å²) >= 11 is 0. The predicted octanol–water partition coefficient (Wildman–Crippen LogP) is 2.82. The van der Waals surface area contributed by atoms with Gasteiger partial charge in [0.25, 0.3) is 0 Å². The molecule has 0 aliphatic carbocycles. The lowest BCUT2D eigenvalue weighted by atomic mass is 9.86. The number of ether oxygens (including phenoxy) is 2. The lowest BCUT2D eigenvalue weighted by Crippen LogP contribution is -2.57. The summed E-state index contributed by atoms with van der Waals surface area (Å²) < 4.78 is 16.5. The quantitative estimate of drug-likeness (QED) is 0.504. The first-order valence-electron chi connectivity index (χ1n) is 16.1. The maximum atomic E-state index is 12.3. The van der Waals surface area contributed by atoms with E-state index < -0.39 is 12.2 Å². The molecule has 0 radical (unpaired) electrons. The van der Waals surface area contributed by atoms with E-state index in [2.05, 4.69) is 22.3 Å². The molecular formula is C31H48N4O6. The smallest absolute Gasteiger partial charge is 0.410 e. The van der Waals surface area contributed by atoms with Crippen LogP contribution in [0.5, 0.6) is 0 Å². The normalized spacial score (nSPS) is 37.9. The Morgan fingerprint density at radius 2 is 1.46 bits per heavy atom. The molecule has 0 aromatic heterocycles. The summed E-state index contributed by atoms with van der Waals surface area (Å²) in [5, 5.41) is 24.3. The molecule has 6 aliphatic heterocycles. The molecule has 7 rings (SSSR count). The van der Waals surface area contributed by atoms with Gasteiger partial charge in [-0.3, -0.25) is 14.7 Å². The predicted molar refractivity (Wildman–Crippen MR) is 154 cm³/mol. The zero-order valence-corrected chi connectivity index (χ0v) is 24.6. The molecule has 6 saturated heterocycles. The Morgan fingerprint density at radius 1 is 0.902 bits per heavy atom. The van der Waals surface area contributed by atoms with Gasteiger partial charge in [-0.15, -0.1) is 0 Å². The minimum Gasteiger partial charge on any atom is -0.450 e. The van der Waals surface area contributed by atoms with Crippen molar-refractivity contribution in [2.24, 2.45) is 11.8 Å². The molecule has 6 fully saturated rings. The molecule has 10 atom stereocenters. The molecule has 3 N–H and O–H groups in total. The van der Waals surface area contributed by atoms with Gasteiger partial charge in [-0.25, -0.2) is 9.59 Å². The molecule has 6 bridgehead atoms. The van der Waals surface area contributed by atoms with Gasteiger partial charge in [0, 0.05) is 14.5 Å². The third kappa shape index (κ3) is 5.56. The first kappa shape index (κ1) is 28.7. The van der Waals surface area contributed by atoms with E-state index in [9.17, 15) is 19.8 Å². The van der Waals surface area contributed by atoms with Crippen LogP contribution in [0.1, 0.15) is 60.3 Å². The van der Waals surface area contributed by atoms with Gasteiger partial charge >= 0.3 is 12.2 Å². The van der Waals surface area contributed by atoms with Crippen LogP contribution in [0, 0.1) is 11.8 Å². The number of fused-ring (bicyclic) bond motifs is 4. The number of nitrogens with zero attached hydrogens (tertiary/aromatic N) is 3. The summed E-state index contributed by atoms with van der Waals surface area (Å²) in [7, 11) is 0. The lowest BCUT2D eigenvalue weighted by molar-refractivity contribution is 0.00752. The summed E-state index contributed by atoms with van der Waals surface area (Å²) in [5.41, 5.74) is 1.26. The van der Waals surface area contributed by atoms with Gasteiger partial charge in [0.15, 0.2) is 0 Å². The van der Waals surface area contributed by atoms with E-state index in [0.29, 0.717) is 31.9 Å². The van der Waals surface area contributed by atoms with Crippen molar-refractivity contribution in [3.63, 3.8) is 0 Å². The molecule has 2 amide bonds. The van der Waals surface area contributed by atoms with Crippen molar-refractivity contribution >= 4 is 12.2 Å². The summed E-state index contributed by atoms with van der Waals surface area (Å²) in [4.78, 5) is 30.1. The van der Waals surface area contributed by atoms with E-state index >= 15 is 0 Å². The Bertz CT molecular complexity index is 1070. The van der Waals surface area contributed by atoms with E-state index in [0.717, 1.165) is 45.3 Å². The molecule has 1 aromatic rings. The molecule has 6 heterocycles. The maximum absolute atomic E-state index is 12.3. The van der Waals surface area contributed by atoms with Crippen molar-refractivity contribution in [1.82, 2.24) is 20.0 Å². The van der Waals surface area contributed by atoms with Gasteiger partial charge in [-0.2, -0.15) is 0 Å². The number of hydrogen-bond donors (Lipinski definition) is 3. The minimum absolute atomic E-state index is 0.0309. The highest BCUT2D eigenvalue weighted by molar-refractivity contribution is 5.70. The van der Waals surface area contributed by atoms with Gasteiger partial charge < -0.3 is 25.0 Å². The SMILES string of the molecule is CCOC(=O)N1C2CC3CC1[C@H](O)C2N(Cc1ccccc1)C3.CCOC(=O)N1C2CC3CNC2[C@@H](O)C1C3.[2H]CC. The average Bonchev–Trinajstić information content (AvgIpc) is 3.13. The number of likely N-dealkylation sites (tertiary alicyclic amines) is 1. The third-order valence-corrected chi connectivity index (χ3v) is 9.79. The van der Waals surface area contributed by atoms with Crippen LogP contribution in [-0.2, 0) is 16.0 Å². The Morgan fingerprint density at radius 3 is 2.12 bits per heavy atom. The number of hydrogen-bond acceptors (Lipinski definition) is 8. The van der Waals surface area contributed by atoms with E-state index in [1.165, 1.54) is 5.56 Å². The van der Waals surface area contributed by atoms with Crippen LogP contribution < -0.4 is 5.32 Å². The topological polar surface area (TPSA) is 115 Å². The number of carbonyl (C=O) groups is 2. The highest BCUT2D eigenvalue weighted by Crippen LogP contribution is 2.46. The Balaban J connectivity index is 0.000000162. The second kappa shape index (κ2) is 12.9. The fourth-order valence-electron chi connectivity index (χ4n) is 8.37. The van der Waals surface area contributed by atoms with Crippen LogP contribution in [0.3, 0.4) is 0 Å². The number of piperidine rings is 4. The highest BCUT2D eigenvalue weighted by atomic mass is 16.6. The molecule has 41 heavy (non-hydrogen) atoms. The van der Waals surface area contributed by atoms with Gasteiger partial charge in [-0.1, -0.05) is 44.2 Å². The fraction of sp³-hybridized carbons (Fsp3) is 0.742. The Hall–Kier alpha value is -2.40. The Labute approximate surface area is 245 Å². The van der Waals surface area contributed by atoms with Crippen molar-refractivity contribution < 1.29 is 30.6 Å². The first-order valence-corrected chi connectivity index (χ1v) is 15.4. The molecule has 8 unspecified atom stereocenters. The molecule has 0 saturated carbocycles. The number of amides is 2. The number of aliphatic hydroxyl groups is 2. The molecule has 10 nitrogen and oxygen atoms in total. The summed E-state index contributed by atoms with van der Waals surface area (Å²) in [6, 6.07) is 10.5. The van der Waals surface area contributed by atoms with Gasteiger partial charge in [0.1, 0.15) is 0 Å². The third-order valence-electron chi connectivity index (χ3n) is 9.79. The number of carbonyl (C=O) groups excluding carboxylic acids is 2. The van der Waals surface area contributed by atoms with Crippen LogP contribution in [0.4, 0.5) is 9.59 Å². The summed E-state index contributed by atoms with van der Waals surface area (Å²) in [6.45, 7) is 9.53. The van der Waals surface area contributed by atoms with E-state index in [1.54, 1.807) is 11.8 Å². The average molecular weight is 574 g/mol. The van der Waals surface area contributed by atoms with Crippen LogP contribution in [-0.4, -0.2) is 112 Å². The molecule has 10 heteroatoms. The van der Waals surface area contributed by atoms with Gasteiger partial charge in [0.2, 0.25) is 0 Å². The van der Waals surface area contributed by atoms with Crippen LogP contribution in [0.25, 0.3) is 0 Å². The van der Waals surface area contributed by atoms with E-state index in [1.807, 2.05) is 36.9 Å². The van der Waals surface area contributed by atoms with Crippen molar-refractivity contribution in [3.05, 3.63) is 35.9 Å². The second-order valence-electron chi connectivity index (χ2n) is 12.0. The van der Waals surface area contributed by atoms with E-state index in [4.69, 9.17) is 10.8 Å². The van der Waals surface area contributed by atoms with Gasteiger partial charge in [-0.05, 0) is 63.5 Å². The number of rotatable bonds is 4. The van der Waals surface area contributed by atoms with E-state index in [-0.39, 0.29) is 48.4 Å². The van der Waals surface area contributed by atoms with Crippen LogP contribution >= 0.6 is 0 Å². The van der Waals surface area contributed by atoms with Crippen molar-refractivity contribution in [2.75, 3.05) is 26.3 Å². The zero-order chi connectivity index (χ0) is 30.0. The maximum Gasteiger partial charge on any atom is 0.410 e. The van der Waals surface area contributed by atoms with Crippen molar-refractivity contribution in [3.8, 4) is 0 Å². The fourth-order valence-corrected chi connectivity index (χ4v) is 8.37. The van der Waals surface area contributed by atoms with Crippen molar-refractivity contribution in [2.45, 2.75) is 108 Å². The second-order valence-corrected chi connectivity index (χ2v) is 12.0. The van der Waals surface area contributed by atoms with Crippen molar-refractivity contribution in [1.29, 1.82) is 0 Å². The summed E-state index contributed by atoms with van der Waals surface area (Å²) in [6.07, 6.45) is 2.36. The first-order chi connectivity index (χ1) is 20.3. The van der Waals surface area contributed by atoms with Crippen LogP contribution in [0.15, 0.2) is 30.3 Å². The number of benzene rings is 1. The lowest BCUT2D eigenvalue weighted by Gasteiger charge is -2.46. The Kier molecular flexibility index (Phi) is 9.00. The number of nitrogens with one attached hydrogen (secondary N) is 1. The van der Waals surface area contributed by atoms with Crippen LogP contribution in [0.2, 0.25) is 0 Å². The molecule has 1 aromatic carbocycles. The summed E-state index contributed by atoms with van der Waals surface area (Å²) in [5.74, 6) is 1.17. The molecule has 6 aliphatic rings. The zero-order valence-electron chi connectivity index (χ0n) is 25.6. The molecular weight excluding hydrogens is 524 g/mol. The monoisotopic (exact) mass is 573 g/mol. The molecule has 0 spiro atoms. The minimum atomic E-state index is -0.472. The van der Waals surface area contributed by atoms with Gasteiger partial charge in [0.05, 0.1) is 61.7 Å². The number of aliphatic hydroxyl groups excluding tert-OH is 2. The standard InChI is InChI=1S/C18H24N2O3.C11H18N2O3.C2H6/c1-2-23-18(22)20-14-8-13-9-15(20)17(21)16(14)19(11-13)10-12-6-4-3-5-7-12;1-2-16-11(15)13-7-3-6-4-8(13)10(14)9(7)12-5-6;1-2/h3-7,13-17,21H,2,8-11H2,1H3;6-10,12,14H,2-5H2,1H3;1-2H3/t13?,14?,15?,16?,17-;6?,7?,8?,9?,10-;/m00./s1/i;;1D. The largest absolute Gasteiger partial charge is 0.450 e. The molecule has 228 valence electrons. The highest BCUT2D eigenvalue weighted by Gasteiger charge is 2.60.